The number of ether oxygens (including phenoxy) is 1. The highest BCUT2D eigenvalue weighted by atomic mass is 35.5. The van der Waals surface area contributed by atoms with Crippen molar-refractivity contribution < 1.29 is 9.53 Å². The van der Waals surface area contributed by atoms with Crippen molar-refractivity contribution in [2.45, 2.75) is 13.0 Å². The number of hydrogen-bond donors (Lipinski definition) is 2. The number of nitrogens with two attached hydrogens (primary N) is 1. The Morgan fingerprint density at radius 2 is 2.14 bits per heavy atom. The molecule has 0 aliphatic carbocycles. The fraction of sp³-hybridized carbons (Fsp3) is 0.188. The van der Waals surface area contributed by atoms with Gasteiger partial charge in [-0.15, -0.1) is 0 Å². The van der Waals surface area contributed by atoms with Gasteiger partial charge >= 0.3 is 0 Å². The molecule has 1 aliphatic heterocycles. The van der Waals surface area contributed by atoms with Crippen LogP contribution in [0.4, 0.5) is 5.69 Å². The van der Waals surface area contributed by atoms with Crippen LogP contribution in [0, 0.1) is 6.92 Å². The lowest BCUT2D eigenvalue weighted by Gasteiger charge is -2.21. The second kappa shape index (κ2) is 5.39. The molecule has 108 valence electrons. The molecular weight excluding hydrogens is 288 g/mol. The predicted octanol–water partition coefficient (Wildman–Crippen LogP) is 3.03. The van der Waals surface area contributed by atoms with Gasteiger partial charge in [-0.25, -0.2) is 0 Å². The fourth-order valence-corrected chi connectivity index (χ4v) is 2.62. The van der Waals surface area contributed by atoms with E-state index in [1.54, 1.807) is 0 Å². The lowest BCUT2D eigenvalue weighted by molar-refractivity contribution is -0.118. The second-order valence-electron chi connectivity index (χ2n) is 5.02. The van der Waals surface area contributed by atoms with Crippen molar-refractivity contribution in [3.63, 3.8) is 0 Å². The molecule has 0 fully saturated rings. The summed E-state index contributed by atoms with van der Waals surface area (Å²) in [5, 5.41) is 3.48. The van der Waals surface area contributed by atoms with Gasteiger partial charge in [-0.2, -0.15) is 0 Å². The third-order valence-electron chi connectivity index (χ3n) is 3.64. The summed E-state index contributed by atoms with van der Waals surface area (Å²) in [5.74, 6) is 0.500. The summed E-state index contributed by atoms with van der Waals surface area (Å²) in [6.45, 7) is 1.99. The standard InChI is InChI=1S/C16H15ClN2O2/c1-9-11(3-2-4-12(9)17)16(18)10-5-6-14-13(7-10)19-15(20)8-21-14/h2-7,16H,8,18H2,1H3,(H,19,20). The Bertz CT molecular complexity index is 715. The fourth-order valence-electron chi connectivity index (χ4n) is 2.43. The normalized spacial score (nSPS) is 14.9. The van der Waals surface area contributed by atoms with Crippen LogP contribution in [-0.4, -0.2) is 12.5 Å². The van der Waals surface area contributed by atoms with Crippen LogP contribution in [0.1, 0.15) is 22.7 Å². The van der Waals surface area contributed by atoms with Crippen molar-refractivity contribution in [1.82, 2.24) is 0 Å². The molecule has 2 aromatic rings. The first-order chi connectivity index (χ1) is 10.1. The van der Waals surface area contributed by atoms with Gasteiger partial charge in [0.2, 0.25) is 0 Å². The van der Waals surface area contributed by atoms with E-state index in [-0.39, 0.29) is 18.6 Å². The van der Waals surface area contributed by atoms with Gasteiger partial charge in [0.05, 0.1) is 11.7 Å². The quantitative estimate of drug-likeness (QED) is 0.896. The molecule has 3 rings (SSSR count). The summed E-state index contributed by atoms with van der Waals surface area (Å²) in [5.41, 5.74) is 9.81. The van der Waals surface area contributed by atoms with Crippen LogP contribution in [0.3, 0.4) is 0 Å². The van der Waals surface area contributed by atoms with E-state index < -0.39 is 0 Å². The minimum Gasteiger partial charge on any atom is -0.482 e. The van der Waals surface area contributed by atoms with E-state index in [2.05, 4.69) is 5.32 Å². The molecule has 5 heteroatoms. The van der Waals surface area contributed by atoms with Gasteiger partial charge in [0.1, 0.15) is 5.75 Å². The van der Waals surface area contributed by atoms with Crippen LogP contribution in [0.2, 0.25) is 5.02 Å². The Morgan fingerprint density at radius 3 is 2.95 bits per heavy atom. The SMILES string of the molecule is Cc1c(Cl)cccc1C(N)c1ccc2c(c1)NC(=O)CO2. The van der Waals surface area contributed by atoms with Gasteiger partial charge in [-0.1, -0.05) is 29.8 Å². The number of hydrogen-bond acceptors (Lipinski definition) is 3. The highest BCUT2D eigenvalue weighted by molar-refractivity contribution is 6.31. The molecule has 1 aliphatic rings. The molecule has 4 nitrogen and oxygen atoms in total. The number of amides is 1. The first kappa shape index (κ1) is 13.9. The lowest BCUT2D eigenvalue weighted by atomic mass is 9.95. The average molecular weight is 303 g/mol. The summed E-state index contributed by atoms with van der Waals surface area (Å²) in [7, 11) is 0. The molecular formula is C16H15ClN2O2. The summed E-state index contributed by atoms with van der Waals surface area (Å²) in [6.07, 6.45) is 0. The van der Waals surface area contributed by atoms with E-state index in [9.17, 15) is 4.79 Å². The topological polar surface area (TPSA) is 64.3 Å². The van der Waals surface area contributed by atoms with E-state index in [0.717, 1.165) is 16.7 Å². The Labute approximate surface area is 127 Å². The van der Waals surface area contributed by atoms with Crippen LogP contribution in [0.15, 0.2) is 36.4 Å². The first-order valence-electron chi connectivity index (χ1n) is 6.63. The number of fused-ring (bicyclic) bond motifs is 1. The zero-order chi connectivity index (χ0) is 15.0. The summed E-state index contributed by atoms with van der Waals surface area (Å²) < 4.78 is 5.35. The molecule has 0 spiro atoms. The van der Waals surface area contributed by atoms with Gasteiger partial charge < -0.3 is 15.8 Å². The van der Waals surface area contributed by atoms with E-state index >= 15 is 0 Å². The Balaban J connectivity index is 1.98. The zero-order valence-corrected chi connectivity index (χ0v) is 12.3. The van der Waals surface area contributed by atoms with Crippen molar-refractivity contribution in [3.8, 4) is 5.75 Å². The number of carbonyl (C=O) groups excluding carboxylic acids is 1. The van der Waals surface area contributed by atoms with Crippen molar-refractivity contribution in [3.05, 3.63) is 58.1 Å². The second-order valence-corrected chi connectivity index (χ2v) is 5.43. The molecule has 0 saturated carbocycles. The maximum Gasteiger partial charge on any atom is 0.262 e. The third kappa shape index (κ3) is 2.60. The highest BCUT2D eigenvalue weighted by Crippen LogP contribution is 2.33. The van der Waals surface area contributed by atoms with Crippen molar-refractivity contribution in [2.75, 3.05) is 11.9 Å². The van der Waals surface area contributed by atoms with Crippen LogP contribution >= 0.6 is 11.6 Å². The first-order valence-corrected chi connectivity index (χ1v) is 7.01. The third-order valence-corrected chi connectivity index (χ3v) is 4.05. The molecule has 2 aromatic carbocycles. The van der Waals surface area contributed by atoms with E-state index in [1.807, 2.05) is 43.3 Å². The molecule has 3 N–H and O–H groups in total. The Morgan fingerprint density at radius 1 is 1.33 bits per heavy atom. The maximum absolute atomic E-state index is 11.4. The Hall–Kier alpha value is -2.04. The van der Waals surface area contributed by atoms with E-state index in [4.69, 9.17) is 22.1 Å². The number of halogens is 1. The Kier molecular flexibility index (Phi) is 3.57. The van der Waals surface area contributed by atoms with Crippen molar-refractivity contribution in [1.29, 1.82) is 0 Å². The molecule has 1 heterocycles. The summed E-state index contributed by atoms with van der Waals surface area (Å²) in [4.78, 5) is 11.4. The number of anilines is 1. The molecule has 1 atom stereocenters. The van der Waals surface area contributed by atoms with Crippen LogP contribution < -0.4 is 15.8 Å². The van der Waals surface area contributed by atoms with Crippen LogP contribution in [-0.2, 0) is 4.79 Å². The smallest absolute Gasteiger partial charge is 0.262 e. The number of nitrogens with one attached hydrogen (secondary N) is 1. The summed E-state index contributed by atoms with van der Waals surface area (Å²) >= 11 is 6.15. The molecule has 21 heavy (non-hydrogen) atoms. The lowest BCUT2D eigenvalue weighted by Crippen LogP contribution is -2.25. The number of carbonyl (C=O) groups is 1. The molecule has 1 amide bonds. The monoisotopic (exact) mass is 302 g/mol. The minimum absolute atomic E-state index is 0.0474. The maximum atomic E-state index is 11.4. The average Bonchev–Trinajstić information content (AvgIpc) is 2.48. The molecule has 1 unspecified atom stereocenters. The summed E-state index contributed by atoms with van der Waals surface area (Å²) in [6, 6.07) is 10.9. The van der Waals surface area contributed by atoms with Crippen LogP contribution in [0.5, 0.6) is 5.75 Å². The number of benzene rings is 2. The molecule has 0 radical (unpaired) electrons. The van der Waals surface area contributed by atoms with Gasteiger partial charge in [0.15, 0.2) is 6.61 Å². The molecule has 0 saturated heterocycles. The van der Waals surface area contributed by atoms with Gasteiger partial charge in [-0.3, -0.25) is 4.79 Å². The minimum atomic E-state index is -0.312. The predicted molar refractivity (Wildman–Crippen MR) is 82.8 cm³/mol. The van der Waals surface area contributed by atoms with Crippen molar-refractivity contribution in [2.24, 2.45) is 5.73 Å². The highest BCUT2D eigenvalue weighted by Gasteiger charge is 2.19. The molecule has 0 bridgehead atoms. The van der Waals surface area contributed by atoms with Crippen LogP contribution in [0.25, 0.3) is 0 Å². The van der Waals surface area contributed by atoms with Gasteiger partial charge in [-0.05, 0) is 41.8 Å². The van der Waals surface area contributed by atoms with Gasteiger partial charge in [0.25, 0.3) is 5.91 Å². The van der Waals surface area contributed by atoms with Gasteiger partial charge in [0, 0.05) is 5.02 Å². The number of rotatable bonds is 2. The van der Waals surface area contributed by atoms with Crippen molar-refractivity contribution >= 4 is 23.2 Å². The largest absolute Gasteiger partial charge is 0.482 e. The van der Waals surface area contributed by atoms with E-state index in [0.29, 0.717) is 16.5 Å². The van der Waals surface area contributed by atoms with E-state index in [1.165, 1.54) is 0 Å². The zero-order valence-electron chi connectivity index (χ0n) is 11.5. The molecule has 0 aromatic heterocycles.